The number of benzene rings is 2. The van der Waals surface area contributed by atoms with Gasteiger partial charge in [-0.2, -0.15) is 0 Å². The van der Waals surface area contributed by atoms with Crippen LogP contribution in [0.4, 0.5) is 0 Å². The molecule has 0 bridgehead atoms. The Bertz CT molecular complexity index is 1410. The van der Waals surface area contributed by atoms with E-state index in [9.17, 15) is 9.59 Å². The van der Waals surface area contributed by atoms with Crippen molar-refractivity contribution in [3.8, 4) is 22.4 Å². The Hall–Kier alpha value is -4.14. The molecule has 1 unspecified atom stereocenters. The summed E-state index contributed by atoms with van der Waals surface area (Å²) in [6.07, 6.45) is 6.79. The second-order valence-electron chi connectivity index (χ2n) is 9.24. The van der Waals surface area contributed by atoms with E-state index in [1.807, 2.05) is 24.3 Å². The van der Waals surface area contributed by atoms with Gasteiger partial charge in [0.05, 0.1) is 16.8 Å². The van der Waals surface area contributed by atoms with Crippen LogP contribution in [0.25, 0.3) is 33.3 Å². The predicted octanol–water partition coefficient (Wildman–Crippen LogP) is 4.83. The largest absolute Gasteiger partial charge is 0.359 e. The maximum atomic E-state index is 13.1. The standard InChI is InChI=1S/C30H30N4O4/c1-31-28(35)14-7-20-5-8-21(9-6-20)22-10-12-23(13-11-22)27-18-24(25-19-32-16-15-26(25)33-27)30(36)34-38-29-4-2-3-17-37-29/h5-6,8-13,15-16,18-19,29H,2-4,7,14,17H2,1H3,(H,31,35)(H,34,36). The monoisotopic (exact) mass is 510 g/mol. The molecule has 2 aromatic carbocycles. The zero-order valence-corrected chi connectivity index (χ0v) is 21.3. The number of hydroxylamine groups is 1. The third-order valence-corrected chi connectivity index (χ3v) is 6.66. The van der Waals surface area contributed by atoms with Crippen molar-refractivity contribution in [2.24, 2.45) is 0 Å². The topological polar surface area (TPSA) is 102 Å². The van der Waals surface area contributed by atoms with Crippen LogP contribution in [0.15, 0.2) is 73.1 Å². The van der Waals surface area contributed by atoms with Crippen molar-refractivity contribution < 1.29 is 19.2 Å². The zero-order chi connectivity index (χ0) is 26.3. The van der Waals surface area contributed by atoms with E-state index in [4.69, 9.17) is 14.6 Å². The van der Waals surface area contributed by atoms with Crippen molar-refractivity contribution in [3.05, 3.63) is 84.2 Å². The first-order chi connectivity index (χ1) is 18.6. The number of hydrogen-bond acceptors (Lipinski definition) is 6. The maximum absolute atomic E-state index is 13.1. The summed E-state index contributed by atoms with van der Waals surface area (Å²) in [6, 6.07) is 19.9. The average Bonchev–Trinajstić information content (AvgIpc) is 2.99. The summed E-state index contributed by atoms with van der Waals surface area (Å²) >= 11 is 0. The first-order valence-corrected chi connectivity index (χ1v) is 12.8. The lowest BCUT2D eigenvalue weighted by atomic mass is 9.99. The van der Waals surface area contributed by atoms with E-state index in [1.54, 1.807) is 31.6 Å². The normalized spacial score (nSPS) is 15.2. The van der Waals surface area contributed by atoms with Crippen molar-refractivity contribution in [2.45, 2.75) is 38.4 Å². The van der Waals surface area contributed by atoms with Gasteiger partial charge in [0.2, 0.25) is 5.91 Å². The Morgan fingerprint density at radius 3 is 2.45 bits per heavy atom. The van der Waals surface area contributed by atoms with Crippen LogP contribution in [0.1, 0.15) is 41.6 Å². The third kappa shape index (κ3) is 6.04. The first-order valence-electron chi connectivity index (χ1n) is 12.8. The van der Waals surface area contributed by atoms with Gasteiger partial charge in [0, 0.05) is 49.8 Å². The maximum Gasteiger partial charge on any atom is 0.275 e. The number of rotatable bonds is 8. The molecule has 8 heteroatoms. The smallest absolute Gasteiger partial charge is 0.275 e. The number of pyridine rings is 2. The number of aryl methyl sites for hydroxylation is 1. The van der Waals surface area contributed by atoms with E-state index in [1.165, 1.54) is 0 Å². The molecule has 1 saturated heterocycles. The van der Waals surface area contributed by atoms with E-state index >= 15 is 0 Å². The van der Waals surface area contributed by atoms with Crippen LogP contribution in [0.3, 0.4) is 0 Å². The van der Waals surface area contributed by atoms with E-state index < -0.39 is 6.29 Å². The highest BCUT2D eigenvalue weighted by molar-refractivity contribution is 6.06. The molecule has 5 rings (SSSR count). The molecular weight excluding hydrogens is 480 g/mol. The highest BCUT2D eigenvalue weighted by Crippen LogP contribution is 2.28. The highest BCUT2D eigenvalue weighted by Gasteiger charge is 2.19. The molecule has 4 aromatic rings. The van der Waals surface area contributed by atoms with E-state index in [2.05, 4.69) is 40.0 Å². The van der Waals surface area contributed by atoms with Crippen LogP contribution in [-0.4, -0.2) is 41.7 Å². The molecule has 2 amide bonds. The van der Waals surface area contributed by atoms with Crippen molar-refractivity contribution in [2.75, 3.05) is 13.7 Å². The minimum Gasteiger partial charge on any atom is -0.359 e. The zero-order valence-electron chi connectivity index (χ0n) is 21.3. The first kappa shape index (κ1) is 25.5. The fourth-order valence-corrected chi connectivity index (χ4v) is 4.46. The summed E-state index contributed by atoms with van der Waals surface area (Å²) in [6.45, 7) is 0.630. The van der Waals surface area contributed by atoms with Gasteiger partial charge < -0.3 is 10.1 Å². The van der Waals surface area contributed by atoms with Gasteiger partial charge in [-0.3, -0.25) is 14.6 Å². The number of carbonyl (C=O) groups excluding carboxylic acids is 2. The van der Waals surface area contributed by atoms with Gasteiger partial charge in [0.25, 0.3) is 5.91 Å². The average molecular weight is 511 g/mol. The quantitative estimate of drug-likeness (QED) is 0.329. The summed E-state index contributed by atoms with van der Waals surface area (Å²) in [4.78, 5) is 39.1. The Balaban J connectivity index is 1.34. The molecule has 38 heavy (non-hydrogen) atoms. The fourth-order valence-electron chi connectivity index (χ4n) is 4.46. The number of nitrogens with one attached hydrogen (secondary N) is 2. The summed E-state index contributed by atoms with van der Waals surface area (Å²) in [5.74, 6) is -0.330. The van der Waals surface area contributed by atoms with Crippen molar-refractivity contribution >= 4 is 22.7 Å². The minimum absolute atomic E-state index is 0.0367. The number of fused-ring (bicyclic) bond motifs is 1. The van der Waals surface area contributed by atoms with Gasteiger partial charge in [-0.25, -0.2) is 15.3 Å². The number of nitrogens with zero attached hydrogens (tertiary/aromatic N) is 2. The number of carbonyl (C=O) groups is 2. The van der Waals surface area contributed by atoms with Crippen LogP contribution in [0.2, 0.25) is 0 Å². The van der Waals surface area contributed by atoms with Crippen molar-refractivity contribution in [1.82, 2.24) is 20.8 Å². The third-order valence-electron chi connectivity index (χ3n) is 6.66. The van der Waals surface area contributed by atoms with Crippen LogP contribution in [0, 0.1) is 0 Å². The molecule has 0 spiro atoms. The molecule has 0 aliphatic carbocycles. The van der Waals surface area contributed by atoms with Crippen LogP contribution in [0.5, 0.6) is 0 Å². The molecule has 1 aliphatic rings. The second kappa shape index (κ2) is 11.9. The van der Waals surface area contributed by atoms with Gasteiger partial charge >= 0.3 is 0 Å². The molecule has 0 radical (unpaired) electrons. The molecule has 194 valence electrons. The molecule has 1 atom stereocenters. The lowest BCUT2D eigenvalue weighted by Crippen LogP contribution is -2.33. The lowest BCUT2D eigenvalue weighted by molar-refractivity contribution is -0.186. The Morgan fingerprint density at radius 2 is 1.74 bits per heavy atom. The molecule has 3 heterocycles. The number of ether oxygens (including phenoxy) is 1. The van der Waals surface area contributed by atoms with Gasteiger partial charge in [-0.1, -0.05) is 48.5 Å². The van der Waals surface area contributed by atoms with E-state index in [0.29, 0.717) is 41.6 Å². The van der Waals surface area contributed by atoms with Crippen LogP contribution in [-0.2, 0) is 20.8 Å². The predicted molar refractivity (Wildman–Crippen MR) is 145 cm³/mol. The van der Waals surface area contributed by atoms with Crippen LogP contribution < -0.4 is 10.8 Å². The van der Waals surface area contributed by atoms with Gasteiger partial charge in [0.1, 0.15) is 0 Å². The SMILES string of the molecule is CNC(=O)CCc1ccc(-c2ccc(-c3cc(C(=O)NOC4CCCCO4)c4cnccc4n3)cc2)cc1. The number of amides is 2. The van der Waals surface area contributed by atoms with Crippen LogP contribution >= 0.6 is 0 Å². The van der Waals surface area contributed by atoms with Gasteiger partial charge in [0.15, 0.2) is 6.29 Å². The summed E-state index contributed by atoms with van der Waals surface area (Å²) < 4.78 is 5.55. The Morgan fingerprint density at radius 1 is 1.00 bits per heavy atom. The molecule has 0 saturated carbocycles. The second-order valence-corrected chi connectivity index (χ2v) is 9.24. The lowest BCUT2D eigenvalue weighted by Gasteiger charge is -2.22. The Kier molecular flexibility index (Phi) is 8.01. The summed E-state index contributed by atoms with van der Waals surface area (Å²) in [5, 5.41) is 3.30. The minimum atomic E-state index is -0.434. The van der Waals surface area contributed by atoms with Crippen molar-refractivity contribution in [1.29, 1.82) is 0 Å². The molecule has 8 nitrogen and oxygen atoms in total. The molecule has 2 aromatic heterocycles. The Labute approximate surface area is 221 Å². The summed E-state index contributed by atoms with van der Waals surface area (Å²) in [5.41, 5.74) is 8.50. The molecule has 1 fully saturated rings. The van der Waals surface area contributed by atoms with E-state index in [-0.39, 0.29) is 11.8 Å². The fraction of sp³-hybridized carbons (Fsp3) is 0.267. The molecular formula is C30H30N4O4. The van der Waals surface area contributed by atoms with Gasteiger partial charge in [-0.05, 0) is 48.1 Å². The van der Waals surface area contributed by atoms with E-state index in [0.717, 1.165) is 41.5 Å². The number of hydrogen-bond donors (Lipinski definition) is 2. The van der Waals surface area contributed by atoms with Crippen molar-refractivity contribution in [3.63, 3.8) is 0 Å². The molecule has 2 N–H and O–H groups in total. The molecule has 1 aliphatic heterocycles. The highest BCUT2D eigenvalue weighted by atomic mass is 16.8. The summed E-state index contributed by atoms with van der Waals surface area (Å²) in [7, 11) is 1.65. The number of aromatic nitrogens is 2. The van der Waals surface area contributed by atoms with Gasteiger partial charge in [-0.15, -0.1) is 0 Å².